The number of piperazine rings is 1. The number of methoxy groups -OCH3 is 1. The molecule has 37 heavy (non-hydrogen) atoms. The maximum atomic E-state index is 13.2. The summed E-state index contributed by atoms with van der Waals surface area (Å²) in [5.41, 5.74) is 6.25. The third kappa shape index (κ3) is 5.48. The highest BCUT2D eigenvalue weighted by Crippen LogP contribution is 2.27. The molecule has 6 nitrogen and oxygen atoms in total. The summed E-state index contributed by atoms with van der Waals surface area (Å²) < 4.78 is 5.41. The third-order valence-corrected chi connectivity index (χ3v) is 6.92. The van der Waals surface area contributed by atoms with Crippen LogP contribution in [-0.2, 0) is 6.42 Å². The van der Waals surface area contributed by atoms with Crippen LogP contribution < -0.4 is 9.64 Å². The van der Waals surface area contributed by atoms with Gasteiger partial charge in [-0.15, -0.1) is 0 Å². The Bertz CT molecular complexity index is 1380. The maximum Gasteiger partial charge on any atom is 0.253 e. The lowest BCUT2D eigenvalue weighted by Crippen LogP contribution is -2.49. The number of benzene rings is 3. The van der Waals surface area contributed by atoms with Gasteiger partial charge in [-0.3, -0.25) is 4.79 Å². The van der Waals surface area contributed by atoms with Gasteiger partial charge < -0.3 is 14.5 Å². The lowest BCUT2D eigenvalue weighted by molar-refractivity contribution is 0.0746. The summed E-state index contributed by atoms with van der Waals surface area (Å²) in [6.07, 6.45) is 0.728. The molecule has 6 heteroatoms. The van der Waals surface area contributed by atoms with Gasteiger partial charge in [-0.1, -0.05) is 54.6 Å². The molecular formula is C31H32N4O2. The van der Waals surface area contributed by atoms with Crippen molar-refractivity contribution in [2.24, 2.45) is 0 Å². The number of ether oxygens (including phenoxy) is 1. The number of carbonyl (C=O) groups excluding carboxylic acids is 1. The molecule has 3 aromatic carbocycles. The van der Waals surface area contributed by atoms with Crippen molar-refractivity contribution in [2.45, 2.75) is 20.3 Å². The quantitative estimate of drug-likeness (QED) is 0.365. The molecule has 1 aromatic heterocycles. The van der Waals surface area contributed by atoms with Crippen LogP contribution in [0.5, 0.6) is 5.75 Å². The molecule has 1 fully saturated rings. The fourth-order valence-corrected chi connectivity index (χ4v) is 4.91. The summed E-state index contributed by atoms with van der Waals surface area (Å²) in [6.45, 7) is 6.75. The van der Waals surface area contributed by atoms with Crippen molar-refractivity contribution in [1.82, 2.24) is 14.9 Å². The minimum absolute atomic E-state index is 0.0749. The fraction of sp³-hybridized carbons (Fsp3) is 0.258. The Morgan fingerprint density at radius 1 is 0.838 bits per heavy atom. The number of carbonyl (C=O) groups is 1. The average Bonchev–Trinajstić information content (AvgIpc) is 2.95. The van der Waals surface area contributed by atoms with Crippen molar-refractivity contribution in [3.63, 3.8) is 0 Å². The first-order valence-electron chi connectivity index (χ1n) is 12.7. The summed E-state index contributed by atoms with van der Waals surface area (Å²) in [5, 5.41) is 0. The van der Waals surface area contributed by atoms with Gasteiger partial charge in [-0.25, -0.2) is 9.97 Å². The fourth-order valence-electron chi connectivity index (χ4n) is 4.91. The van der Waals surface area contributed by atoms with Gasteiger partial charge in [0.1, 0.15) is 17.4 Å². The molecule has 4 aromatic rings. The molecular weight excluding hydrogens is 460 g/mol. The minimum Gasteiger partial charge on any atom is -0.497 e. The lowest BCUT2D eigenvalue weighted by atomic mass is 10.0. The van der Waals surface area contributed by atoms with Crippen molar-refractivity contribution < 1.29 is 9.53 Å². The van der Waals surface area contributed by atoms with Crippen LogP contribution in [0.4, 0.5) is 5.82 Å². The van der Waals surface area contributed by atoms with Crippen LogP contribution in [0.2, 0.25) is 0 Å². The molecule has 2 heterocycles. The van der Waals surface area contributed by atoms with Gasteiger partial charge >= 0.3 is 0 Å². The van der Waals surface area contributed by atoms with E-state index in [4.69, 9.17) is 9.72 Å². The van der Waals surface area contributed by atoms with Gasteiger partial charge in [-0.05, 0) is 54.8 Å². The van der Waals surface area contributed by atoms with E-state index < -0.39 is 0 Å². The topological polar surface area (TPSA) is 58.6 Å². The van der Waals surface area contributed by atoms with Crippen molar-refractivity contribution in [3.8, 4) is 16.9 Å². The van der Waals surface area contributed by atoms with E-state index in [1.165, 1.54) is 0 Å². The smallest absolute Gasteiger partial charge is 0.253 e. The Morgan fingerprint density at radius 2 is 1.54 bits per heavy atom. The summed E-state index contributed by atoms with van der Waals surface area (Å²) in [4.78, 5) is 27.0. The molecule has 1 aliphatic heterocycles. The minimum atomic E-state index is 0.0749. The van der Waals surface area contributed by atoms with E-state index in [1.54, 1.807) is 7.11 Å². The van der Waals surface area contributed by atoms with Crippen LogP contribution in [0.1, 0.15) is 33.0 Å². The maximum absolute atomic E-state index is 13.2. The second-order valence-corrected chi connectivity index (χ2v) is 9.41. The van der Waals surface area contributed by atoms with Crippen LogP contribution in [0, 0.1) is 13.8 Å². The summed E-state index contributed by atoms with van der Waals surface area (Å²) >= 11 is 0. The number of amides is 1. The number of aromatic nitrogens is 2. The number of rotatable bonds is 6. The van der Waals surface area contributed by atoms with Crippen molar-refractivity contribution in [1.29, 1.82) is 0 Å². The van der Waals surface area contributed by atoms with Gasteiger partial charge in [0.25, 0.3) is 5.91 Å². The van der Waals surface area contributed by atoms with E-state index in [0.29, 0.717) is 13.1 Å². The number of nitrogens with zero attached hydrogens (tertiary/aromatic N) is 4. The van der Waals surface area contributed by atoms with Gasteiger partial charge in [-0.2, -0.15) is 0 Å². The lowest BCUT2D eigenvalue weighted by Gasteiger charge is -2.36. The van der Waals surface area contributed by atoms with Crippen LogP contribution in [0.15, 0.2) is 78.9 Å². The zero-order valence-corrected chi connectivity index (χ0v) is 21.6. The number of anilines is 1. The molecule has 1 saturated heterocycles. The summed E-state index contributed by atoms with van der Waals surface area (Å²) in [6, 6.07) is 26.2. The Balaban J connectivity index is 1.29. The normalized spacial score (nSPS) is 13.5. The predicted octanol–water partition coefficient (Wildman–Crippen LogP) is 5.32. The molecule has 0 unspecified atom stereocenters. The number of hydrogen-bond acceptors (Lipinski definition) is 5. The molecule has 0 atom stereocenters. The molecule has 0 radical (unpaired) electrons. The van der Waals surface area contributed by atoms with Crippen LogP contribution in [0.25, 0.3) is 11.1 Å². The van der Waals surface area contributed by atoms with Crippen molar-refractivity contribution in [2.75, 3.05) is 38.2 Å². The van der Waals surface area contributed by atoms with Gasteiger partial charge in [0.05, 0.1) is 7.11 Å². The molecule has 0 bridgehead atoms. The Labute approximate surface area is 218 Å². The highest BCUT2D eigenvalue weighted by molar-refractivity contribution is 5.95. The average molecular weight is 493 g/mol. The summed E-state index contributed by atoms with van der Waals surface area (Å²) in [5.74, 6) is 2.64. The van der Waals surface area contributed by atoms with E-state index in [2.05, 4.69) is 34.1 Å². The zero-order valence-electron chi connectivity index (χ0n) is 21.6. The zero-order chi connectivity index (χ0) is 25.8. The molecule has 188 valence electrons. The van der Waals surface area contributed by atoms with Gasteiger partial charge in [0.2, 0.25) is 0 Å². The standard InChI is InChI=1S/C31H32N4O2/c1-22-29(21-24-8-7-11-28(20-24)37-3)30(33-23(2)32-22)34-16-18-35(19-17-34)31(36)27-14-12-26(13-15-27)25-9-5-4-6-10-25/h4-15,20H,16-19,21H2,1-3H3. The van der Waals surface area contributed by atoms with Crippen molar-refractivity contribution >= 4 is 11.7 Å². The molecule has 0 N–H and O–H groups in total. The SMILES string of the molecule is COc1cccc(Cc2c(C)nc(C)nc2N2CCN(C(=O)c3ccc(-c4ccccc4)cc3)CC2)c1. The van der Waals surface area contributed by atoms with Crippen molar-refractivity contribution in [3.05, 3.63) is 107 Å². The van der Waals surface area contributed by atoms with Crippen LogP contribution in [0.3, 0.4) is 0 Å². The van der Waals surface area contributed by atoms with E-state index in [9.17, 15) is 4.79 Å². The Hall–Kier alpha value is -4.19. The van der Waals surface area contributed by atoms with Gasteiger partial charge in [0, 0.05) is 49.4 Å². The third-order valence-electron chi connectivity index (χ3n) is 6.92. The number of hydrogen-bond donors (Lipinski definition) is 0. The van der Waals surface area contributed by atoms with Crippen LogP contribution >= 0.6 is 0 Å². The first kappa shape index (κ1) is 24.5. The first-order chi connectivity index (χ1) is 18.0. The van der Waals surface area contributed by atoms with E-state index in [1.807, 2.05) is 73.3 Å². The first-order valence-corrected chi connectivity index (χ1v) is 12.7. The van der Waals surface area contributed by atoms with Crippen LogP contribution in [-0.4, -0.2) is 54.1 Å². The van der Waals surface area contributed by atoms with Gasteiger partial charge in [0.15, 0.2) is 0 Å². The van der Waals surface area contributed by atoms with E-state index >= 15 is 0 Å². The molecule has 0 spiro atoms. The molecule has 0 saturated carbocycles. The van der Waals surface area contributed by atoms with E-state index in [0.717, 1.165) is 70.4 Å². The monoisotopic (exact) mass is 492 g/mol. The predicted molar refractivity (Wildman–Crippen MR) is 147 cm³/mol. The molecule has 1 amide bonds. The molecule has 0 aliphatic carbocycles. The Kier molecular flexibility index (Phi) is 7.17. The highest BCUT2D eigenvalue weighted by Gasteiger charge is 2.25. The second kappa shape index (κ2) is 10.8. The highest BCUT2D eigenvalue weighted by atomic mass is 16.5. The largest absolute Gasteiger partial charge is 0.497 e. The van der Waals surface area contributed by atoms with E-state index in [-0.39, 0.29) is 5.91 Å². The number of aryl methyl sites for hydroxylation is 2. The second-order valence-electron chi connectivity index (χ2n) is 9.41. The molecule has 1 aliphatic rings. The Morgan fingerprint density at radius 3 is 2.24 bits per heavy atom. The molecule has 5 rings (SSSR count). The summed E-state index contributed by atoms with van der Waals surface area (Å²) in [7, 11) is 1.68.